The second kappa shape index (κ2) is 9.62. The quantitative estimate of drug-likeness (QED) is 0.731. The SMILES string of the molecule is CC(C)COc1cccc(C(=O)N(C)Cc2ccc(OCC(=O)O)cc2)c1. The van der Waals surface area contributed by atoms with E-state index >= 15 is 0 Å². The van der Waals surface area contributed by atoms with Crippen LogP contribution < -0.4 is 9.47 Å². The maximum absolute atomic E-state index is 12.7. The summed E-state index contributed by atoms with van der Waals surface area (Å²) in [6, 6.07) is 14.2. The van der Waals surface area contributed by atoms with Gasteiger partial charge in [-0.15, -0.1) is 0 Å². The highest BCUT2D eigenvalue weighted by Crippen LogP contribution is 2.18. The number of carbonyl (C=O) groups excluding carboxylic acids is 1. The van der Waals surface area contributed by atoms with Gasteiger partial charge in [-0.1, -0.05) is 32.0 Å². The van der Waals surface area contributed by atoms with E-state index in [4.69, 9.17) is 14.6 Å². The molecule has 0 saturated heterocycles. The fraction of sp³-hybridized carbons (Fsp3) is 0.333. The summed E-state index contributed by atoms with van der Waals surface area (Å²) >= 11 is 0. The molecule has 0 fully saturated rings. The van der Waals surface area contributed by atoms with Crippen LogP contribution in [0.1, 0.15) is 29.8 Å². The van der Waals surface area contributed by atoms with Crippen molar-refractivity contribution < 1.29 is 24.2 Å². The Morgan fingerprint density at radius 2 is 1.74 bits per heavy atom. The van der Waals surface area contributed by atoms with Crippen molar-refractivity contribution in [1.82, 2.24) is 4.90 Å². The van der Waals surface area contributed by atoms with Crippen LogP contribution in [0.3, 0.4) is 0 Å². The molecule has 0 heterocycles. The average Bonchev–Trinajstić information content (AvgIpc) is 2.65. The molecule has 0 unspecified atom stereocenters. The van der Waals surface area contributed by atoms with Gasteiger partial charge in [-0.2, -0.15) is 0 Å². The molecule has 6 nitrogen and oxygen atoms in total. The summed E-state index contributed by atoms with van der Waals surface area (Å²) < 4.78 is 10.8. The third-order valence-corrected chi connectivity index (χ3v) is 3.72. The zero-order valence-electron chi connectivity index (χ0n) is 15.8. The predicted octanol–water partition coefficient (Wildman–Crippen LogP) is 3.46. The summed E-state index contributed by atoms with van der Waals surface area (Å²) in [6.07, 6.45) is 0. The van der Waals surface area contributed by atoms with E-state index in [1.54, 1.807) is 36.2 Å². The molecule has 0 aromatic heterocycles. The molecular weight excluding hydrogens is 346 g/mol. The van der Waals surface area contributed by atoms with Gasteiger partial charge < -0.3 is 19.5 Å². The molecule has 0 aliphatic heterocycles. The van der Waals surface area contributed by atoms with Gasteiger partial charge >= 0.3 is 5.97 Å². The summed E-state index contributed by atoms with van der Waals surface area (Å²) in [5, 5.41) is 8.62. The highest BCUT2D eigenvalue weighted by Gasteiger charge is 2.13. The number of hydrogen-bond donors (Lipinski definition) is 1. The molecule has 0 aliphatic rings. The summed E-state index contributed by atoms with van der Waals surface area (Å²) in [6.45, 7) is 4.79. The second-order valence-electron chi connectivity index (χ2n) is 6.72. The van der Waals surface area contributed by atoms with Crippen molar-refractivity contribution in [2.75, 3.05) is 20.3 Å². The van der Waals surface area contributed by atoms with E-state index in [1.165, 1.54) is 0 Å². The van der Waals surface area contributed by atoms with Crippen LogP contribution in [-0.4, -0.2) is 42.1 Å². The highest BCUT2D eigenvalue weighted by atomic mass is 16.5. The fourth-order valence-electron chi connectivity index (χ4n) is 2.38. The average molecular weight is 371 g/mol. The van der Waals surface area contributed by atoms with Crippen molar-refractivity contribution in [2.45, 2.75) is 20.4 Å². The van der Waals surface area contributed by atoms with Gasteiger partial charge in [0.2, 0.25) is 0 Å². The maximum Gasteiger partial charge on any atom is 0.341 e. The lowest BCUT2D eigenvalue weighted by molar-refractivity contribution is -0.139. The Morgan fingerprint density at radius 1 is 1.04 bits per heavy atom. The monoisotopic (exact) mass is 371 g/mol. The van der Waals surface area contributed by atoms with E-state index in [0.717, 1.165) is 5.56 Å². The van der Waals surface area contributed by atoms with Crippen molar-refractivity contribution in [2.24, 2.45) is 5.92 Å². The minimum atomic E-state index is -1.02. The normalized spacial score (nSPS) is 10.5. The molecule has 0 spiro atoms. The van der Waals surface area contributed by atoms with Crippen LogP contribution in [0, 0.1) is 5.92 Å². The van der Waals surface area contributed by atoms with Gasteiger partial charge in [0.15, 0.2) is 6.61 Å². The van der Waals surface area contributed by atoms with Crippen LogP contribution in [0.2, 0.25) is 0 Å². The Morgan fingerprint density at radius 3 is 2.37 bits per heavy atom. The summed E-state index contributed by atoms with van der Waals surface area (Å²) in [7, 11) is 1.73. The van der Waals surface area contributed by atoms with Crippen molar-refractivity contribution in [3.63, 3.8) is 0 Å². The number of carboxylic acid groups (broad SMARTS) is 1. The second-order valence-corrected chi connectivity index (χ2v) is 6.72. The maximum atomic E-state index is 12.7. The van der Waals surface area contributed by atoms with Crippen LogP contribution in [-0.2, 0) is 11.3 Å². The number of amides is 1. The summed E-state index contributed by atoms with van der Waals surface area (Å²) in [5.41, 5.74) is 1.49. The summed E-state index contributed by atoms with van der Waals surface area (Å²) in [5.74, 6) is 0.447. The minimum Gasteiger partial charge on any atom is -0.493 e. The largest absolute Gasteiger partial charge is 0.493 e. The predicted molar refractivity (Wildman–Crippen MR) is 102 cm³/mol. The van der Waals surface area contributed by atoms with Crippen LogP contribution in [0.4, 0.5) is 0 Å². The molecule has 6 heteroatoms. The lowest BCUT2D eigenvalue weighted by Gasteiger charge is -2.18. The molecule has 2 aromatic carbocycles. The highest BCUT2D eigenvalue weighted by molar-refractivity contribution is 5.94. The van der Waals surface area contributed by atoms with Gasteiger partial charge in [0.05, 0.1) is 6.61 Å². The van der Waals surface area contributed by atoms with E-state index in [2.05, 4.69) is 13.8 Å². The molecule has 1 N–H and O–H groups in total. The standard InChI is InChI=1S/C21H25NO5/c1-15(2)13-26-19-6-4-5-17(11-19)21(25)22(3)12-16-7-9-18(10-8-16)27-14-20(23)24/h4-11,15H,12-14H2,1-3H3,(H,23,24). The van der Waals surface area contributed by atoms with Gasteiger partial charge in [-0.25, -0.2) is 4.79 Å². The smallest absolute Gasteiger partial charge is 0.341 e. The van der Waals surface area contributed by atoms with Crippen LogP contribution in [0.15, 0.2) is 48.5 Å². The lowest BCUT2D eigenvalue weighted by Crippen LogP contribution is -2.26. The number of ether oxygens (including phenoxy) is 2. The molecule has 0 saturated carbocycles. The molecule has 0 atom stereocenters. The van der Waals surface area contributed by atoms with Crippen LogP contribution in [0.25, 0.3) is 0 Å². The molecule has 0 bridgehead atoms. The first kappa shape index (κ1) is 20.3. The third kappa shape index (κ3) is 6.66. The van der Waals surface area contributed by atoms with Gasteiger partial charge in [-0.05, 0) is 41.8 Å². The van der Waals surface area contributed by atoms with E-state index < -0.39 is 5.97 Å². The van der Waals surface area contributed by atoms with Gasteiger partial charge in [0, 0.05) is 19.2 Å². The molecule has 2 rings (SSSR count). The number of hydrogen-bond acceptors (Lipinski definition) is 4. The lowest BCUT2D eigenvalue weighted by atomic mass is 10.1. The Balaban J connectivity index is 1.97. The molecule has 0 aliphatic carbocycles. The van der Waals surface area contributed by atoms with Gasteiger partial charge in [0.1, 0.15) is 11.5 Å². The van der Waals surface area contributed by atoms with E-state index in [9.17, 15) is 9.59 Å². The number of nitrogens with zero attached hydrogens (tertiary/aromatic N) is 1. The van der Waals surface area contributed by atoms with Crippen LogP contribution >= 0.6 is 0 Å². The summed E-state index contributed by atoms with van der Waals surface area (Å²) in [4.78, 5) is 24.8. The molecule has 1 amide bonds. The van der Waals surface area contributed by atoms with Crippen LogP contribution in [0.5, 0.6) is 11.5 Å². The molecular formula is C21H25NO5. The number of benzene rings is 2. The molecule has 2 aromatic rings. The van der Waals surface area contributed by atoms with Gasteiger partial charge in [-0.3, -0.25) is 4.79 Å². The van der Waals surface area contributed by atoms with Crippen molar-refractivity contribution in [3.8, 4) is 11.5 Å². The minimum absolute atomic E-state index is 0.101. The molecule has 27 heavy (non-hydrogen) atoms. The first-order chi connectivity index (χ1) is 12.8. The number of aliphatic carboxylic acids is 1. The van der Waals surface area contributed by atoms with E-state index in [0.29, 0.717) is 36.1 Å². The Hall–Kier alpha value is -3.02. The van der Waals surface area contributed by atoms with Crippen molar-refractivity contribution in [3.05, 3.63) is 59.7 Å². The first-order valence-electron chi connectivity index (χ1n) is 8.77. The number of rotatable bonds is 9. The Bertz CT molecular complexity index is 770. The molecule has 0 radical (unpaired) electrons. The fourth-order valence-corrected chi connectivity index (χ4v) is 2.38. The van der Waals surface area contributed by atoms with Crippen molar-refractivity contribution in [1.29, 1.82) is 0 Å². The molecule has 144 valence electrons. The Labute approximate surface area is 159 Å². The zero-order valence-corrected chi connectivity index (χ0v) is 15.8. The topological polar surface area (TPSA) is 76.1 Å². The van der Waals surface area contributed by atoms with Gasteiger partial charge in [0.25, 0.3) is 5.91 Å². The number of carbonyl (C=O) groups is 2. The number of carboxylic acids is 1. The Kier molecular flexibility index (Phi) is 7.23. The van der Waals surface area contributed by atoms with Crippen molar-refractivity contribution >= 4 is 11.9 Å². The van der Waals surface area contributed by atoms with E-state index in [1.807, 2.05) is 24.3 Å². The zero-order chi connectivity index (χ0) is 19.8. The first-order valence-corrected chi connectivity index (χ1v) is 8.77. The third-order valence-electron chi connectivity index (χ3n) is 3.72. The van der Waals surface area contributed by atoms with E-state index in [-0.39, 0.29) is 12.5 Å².